The average Bonchev–Trinajstić information content (AvgIpc) is 3.36. The van der Waals surface area contributed by atoms with Gasteiger partial charge in [0.1, 0.15) is 6.54 Å². The molecule has 0 saturated carbocycles. The van der Waals surface area contributed by atoms with E-state index in [9.17, 15) is 4.79 Å². The van der Waals surface area contributed by atoms with Crippen molar-refractivity contribution in [3.8, 4) is 11.4 Å². The van der Waals surface area contributed by atoms with E-state index in [-0.39, 0.29) is 36.7 Å². The second-order valence-corrected chi connectivity index (χ2v) is 7.32. The third kappa shape index (κ3) is 4.63. The van der Waals surface area contributed by atoms with Crippen LogP contribution in [-0.2, 0) is 11.3 Å². The lowest BCUT2D eigenvalue weighted by Crippen LogP contribution is -2.33. The van der Waals surface area contributed by atoms with E-state index in [2.05, 4.69) is 27.5 Å². The maximum absolute atomic E-state index is 12.8. The number of aromatic nitrogens is 4. The van der Waals surface area contributed by atoms with Crippen molar-refractivity contribution < 1.29 is 4.79 Å². The summed E-state index contributed by atoms with van der Waals surface area (Å²) in [5.74, 6) is 1.04. The van der Waals surface area contributed by atoms with Crippen molar-refractivity contribution in [3.63, 3.8) is 0 Å². The van der Waals surface area contributed by atoms with Gasteiger partial charge in [0.15, 0.2) is 0 Å². The van der Waals surface area contributed by atoms with Crippen LogP contribution in [-0.4, -0.2) is 50.6 Å². The summed E-state index contributed by atoms with van der Waals surface area (Å²) in [5, 5.41) is 12.5. The zero-order valence-electron chi connectivity index (χ0n) is 16.3. The molecule has 152 valence electrons. The van der Waals surface area contributed by atoms with Crippen LogP contribution in [0.25, 0.3) is 11.4 Å². The van der Waals surface area contributed by atoms with E-state index in [1.54, 1.807) is 0 Å². The molecule has 2 N–H and O–H groups in total. The maximum atomic E-state index is 12.8. The summed E-state index contributed by atoms with van der Waals surface area (Å²) in [7, 11) is 0. The first-order chi connectivity index (χ1) is 13.6. The number of halogens is 1. The van der Waals surface area contributed by atoms with Gasteiger partial charge in [-0.3, -0.25) is 4.79 Å². The topological polar surface area (TPSA) is 89.9 Å². The summed E-state index contributed by atoms with van der Waals surface area (Å²) >= 11 is 0. The van der Waals surface area contributed by atoms with E-state index >= 15 is 0 Å². The first kappa shape index (κ1) is 21.0. The zero-order valence-corrected chi connectivity index (χ0v) is 17.1. The summed E-state index contributed by atoms with van der Waals surface area (Å²) < 4.78 is 0. The Morgan fingerprint density at radius 3 is 2.52 bits per heavy atom. The number of benzene rings is 2. The molecule has 2 heterocycles. The Morgan fingerprint density at radius 2 is 1.83 bits per heavy atom. The van der Waals surface area contributed by atoms with Gasteiger partial charge in [-0.05, 0) is 30.2 Å². The van der Waals surface area contributed by atoms with E-state index < -0.39 is 0 Å². The van der Waals surface area contributed by atoms with Gasteiger partial charge in [0.25, 0.3) is 0 Å². The predicted molar refractivity (Wildman–Crippen MR) is 114 cm³/mol. The highest BCUT2D eigenvalue weighted by atomic mass is 35.5. The van der Waals surface area contributed by atoms with Crippen LogP contribution in [0, 0.1) is 12.8 Å². The molecule has 1 aliphatic heterocycles. The summed E-state index contributed by atoms with van der Waals surface area (Å²) in [6.07, 6.45) is 0. The van der Waals surface area contributed by atoms with Crippen LogP contribution in [0.15, 0.2) is 54.6 Å². The summed E-state index contributed by atoms with van der Waals surface area (Å²) in [6.45, 7) is 4.00. The van der Waals surface area contributed by atoms with Crippen LogP contribution in [0.2, 0.25) is 0 Å². The molecule has 3 aromatic rings. The van der Waals surface area contributed by atoms with Gasteiger partial charge < -0.3 is 10.6 Å². The van der Waals surface area contributed by atoms with Crippen LogP contribution >= 0.6 is 12.4 Å². The number of hydrogen-bond acceptors (Lipinski definition) is 5. The molecule has 0 radical (unpaired) electrons. The molecule has 1 fully saturated rings. The van der Waals surface area contributed by atoms with E-state index in [1.807, 2.05) is 54.3 Å². The quantitative estimate of drug-likeness (QED) is 0.694. The Hall–Kier alpha value is -2.77. The smallest absolute Gasteiger partial charge is 0.246 e. The molecule has 1 saturated heterocycles. The third-order valence-electron chi connectivity index (χ3n) is 5.36. The molecular weight excluding hydrogens is 388 g/mol. The van der Waals surface area contributed by atoms with Gasteiger partial charge in [-0.15, -0.1) is 22.6 Å². The highest BCUT2D eigenvalue weighted by Gasteiger charge is 2.35. The van der Waals surface area contributed by atoms with Gasteiger partial charge in [0, 0.05) is 24.6 Å². The zero-order chi connectivity index (χ0) is 19.5. The molecule has 1 amide bonds. The normalized spacial score (nSPS) is 18.5. The molecule has 0 unspecified atom stereocenters. The fraction of sp³-hybridized carbons (Fsp3) is 0.333. The second kappa shape index (κ2) is 9.15. The van der Waals surface area contributed by atoms with Gasteiger partial charge >= 0.3 is 0 Å². The predicted octanol–water partition coefficient (Wildman–Crippen LogP) is 2.27. The van der Waals surface area contributed by atoms with Crippen molar-refractivity contribution in [2.75, 3.05) is 19.6 Å². The van der Waals surface area contributed by atoms with Gasteiger partial charge in [-0.2, -0.15) is 4.80 Å². The molecular formula is C21H25ClN6O. The molecule has 7 nitrogen and oxygen atoms in total. The minimum Gasteiger partial charge on any atom is -0.340 e. The Kier molecular flexibility index (Phi) is 6.61. The van der Waals surface area contributed by atoms with E-state index in [4.69, 9.17) is 5.73 Å². The van der Waals surface area contributed by atoms with E-state index in [0.717, 1.165) is 5.56 Å². The molecule has 0 aliphatic carbocycles. The standard InChI is InChI=1S/C21H24N6O.ClH/c1-15-7-9-17(10-8-15)21-23-25-27(24-21)14-20(28)26-12-18(11-22)19(13-26)16-5-3-2-4-6-16;/h2-10,18-19H,11-14,22H2,1H3;1H/t18-,19+;/m1./s1. The van der Waals surface area contributed by atoms with Crippen LogP contribution in [0.3, 0.4) is 0 Å². The van der Waals surface area contributed by atoms with Crippen LogP contribution in [0.4, 0.5) is 0 Å². The highest BCUT2D eigenvalue weighted by molar-refractivity contribution is 5.85. The SMILES string of the molecule is Cc1ccc(-c2nnn(CC(=O)N3C[C@@H](CN)[C@H](c4ccccc4)C3)n2)cc1.Cl. The molecule has 1 aromatic heterocycles. The summed E-state index contributed by atoms with van der Waals surface area (Å²) in [6, 6.07) is 18.2. The molecule has 2 aromatic carbocycles. The number of carbonyl (C=O) groups excluding carboxylic acids is 1. The van der Waals surface area contributed by atoms with E-state index in [1.165, 1.54) is 15.9 Å². The Morgan fingerprint density at radius 1 is 1.10 bits per heavy atom. The number of rotatable bonds is 5. The minimum atomic E-state index is -0.00950. The van der Waals surface area contributed by atoms with Gasteiger partial charge in [0.05, 0.1) is 0 Å². The molecule has 1 aliphatic rings. The van der Waals surface area contributed by atoms with Gasteiger partial charge in [-0.25, -0.2) is 0 Å². The van der Waals surface area contributed by atoms with Crippen molar-refractivity contribution in [1.82, 2.24) is 25.1 Å². The second-order valence-electron chi connectivity index (χ2n) is 7.32. The van der Waals surface area contributed by atoms with Crippen molar-refractivity contribution in [1.29, 1.82) is 0 Å². The van der Waals surface area contributed by atoms with Crippen molar-refractivity contribution in [2.45, 2.75) is 19.4 Å². The molecule has 8 heteroatoms. The average molecular weight is 413 g/mol. The number of nitrogens with two attached hydrogens (primary N) is 1. The lowest BCUT2D eigenvalue weighted by Gasteiger charge is -2.16. The number of tetrazole rings is 1. The Bertz CT molecular complexity index is 943. The fourth-order valence-corrected chi connectivity index (χ4v) is 3.74. The number of hydrogen-bond donors (Lipinski definition) is 1. The lowest BCUT2D eigenvalue weighted by molar-refractivity contribution is -0.131. The van der Waals surface area contributed by atoms with Gasteiger partial charge in [-0.1, -0.05) is 60.2 Å². The summed E-state index contributed by atoms with van der Waals surface area (Å²) in [5.41, 5.74) is 9.26. The van der Waals surface area contributed by atoms with Crippen LogP contribution in [0.1, 0.15) is 17.0 Å². The number of nitrogens with zero attached hydrogens (tertiary/aromatic N) is 5. The number of likely N-dealkylation sites (tertiary alicyclic amines) is 1. The number of aryl methyl sites for hydroxylation is 1. The molecule has 2 atom stereocenters. The van der Waals surface area contributed by atoms with E-state index in [0.29, 0.717) is 25.5 Å². The number of carbonyl (C=O) groups is 1. The third-order valence-corrected chi connectivity index (χ3v) is 5.36. The Balaban J connectivity index is 0.00000240. The Labute approximate surface area is 176 Å². The lowest BCUT2D eigenvalue weighted by atomic mass is 9.89. The molecule has 29 heavy (non-hydrogen) atoms. The maximum Gasteiger partial charge on any atom is 0.246 e. The molecule has 0 spiro atoms. The molecule has 4 rings (SSSR count). The van der Waals surface area contributed by atoms with Crippen LogP contribution in [0.5, 0.6) is 0 Å². The molecule has 0 bridgehead atoms. The van der Waals surface area contributed by atoms with Crippen molar-refractivity contribution >= 4 is 18.3 Å². The fourth-order valence-electron chi connectivity index (χ4n) is 3.74. The van der Waals surface area contributed by atoms with Gasteiger partial charge in [0.2, 0.25) is 11.7 Å². The summed E-state index contributed by atoms with van der Waals surface area (Å²) in [4.78, 5) is 16.0. The highest BCUT2D eigenvalue weighted by Crippen LogP contribution is 2.32. The largest absolute Gasteiger partial charge is 0.340 e. The van der Waals surface area contributed by atoms with Crippen LogP contribution < -0.4 is 5.73 Å². The van der Waals surface area contributed by atoms with Crippen molar-refractivity contribution in [3.05, 3.63) is 65.7 Å². The first-order valence-electron chi connectivity index (χ1n) is 9.51. The first-order valence-corrected chi connectivity index (χ1v) is 9.51. The monoisotopic (exact) mass is 412 g/mol. The number of amides is 1. The minimum absolute atomic E-state index is 0. The van der Waals surface area contributed by atoms with Crippen molar-refractivity contribution in [2.24, 2.45) is 11.7 Å².